The van der Waals surface area contributed by atoms with E-state index in [2.05, 4.69) is 5.32 Å². The summed E-state index contributed by atoms with van der Waals surface area (Å²) in [6.07, 6.45) is 5.46. The van der Waals surface area contributed by atoms with Crippen LogP contribution in [0, 0.1) is 17.0 Å². The average Bonchev–Trinajstić information content (AvgIpc) is 3.21. The van der Waals surface area contributed by atoms with Crippen molar-refractivity contribution in [1.82, 2.24) is 0 Å². The number of hydrogen-bond donors (Lipinski definition) is 2. The number of rotatable bonds is 7. The molecule has 27 heavy (non-hydrogen) atoms. The second kappa shape index (κ2) is 7.53. The van der Waals surface area contributed by atoms with Gasteiger partial charge in [-0.15, -0.1) is 11.8 Å². The number of nitro groups is 1. The first-order valence-electron chi connectivity index (χ1n) is 8.47. The van der Waals surface area contributed by atoms with Gasteiger partial charge in [0.15, 0.2) is 0 Å². The minimum Gasteiger partial charge on any atom is -0.468 e. The molecule has 1 saturated carbocycles. The van der Waals surface area contributed by atoms with Gasteiger partial charge >= 0.3 is 0 Å². The van der Waals surface area contributed by atoms with Gasteiger partial charge in [-0.25, -0.2) is 13.6 Å². The van der Waals surface area contributed by atoms with Crippen molar-refractivity contribution in [2.75, 3.05) is 11.1 Å². The number of nitrogens with one attached hydrogen (secondary N) is 1. The normalized spacial score (nSPS) is 16.4. The van der Waals surface area contributed by atoms with Gasteiger partial charge < -0.3 is 9.73 Å². The largest absolute Gasteiger partial charge is 0.468 e. The van der Waals surface area contributed by atoms with E-state index in [0.717, 1.165) is 48.2 Å². The van der Waals surface area contributed by atoms with Gasteiger partial charge in [-0.05, 0) is 38.0 Å². The zero-order valence-electron chi connectivity index (χ0n) is 14.8. The standard InChI is InChI=1S/C17H21N3O5S2/c1-12-16(6-9-25-12)26-11-17(7-2-3-8-17)19-14-5-4-13(27(18,23)24)10-15(14)20(21)22/h4-6,9-10,19H,2-3,7-8,11H2,1H3,(H2,18,23,24). The summed E-state index contributed by atoms with van der Waals surface area (Å²) in [5.74, 6) is 1.57. The predicted octanol–water partition coefficient (Wildman–Crippen LogP) is 3.66. The summed E-state index contributed by atoms with van der Waals surface area (Å²) in [5, 5.41) is 19.9. The number of primary sulfonamides is 1. The number of sulfonamides is 1. The van der Waals surface area contributed by atoms with Gasteiger partial charge in [0, 0.05) is 22.3 Å². The zero-order valence-corrected chi connectivity index (χ0v) is 16.4. The van der Waals surface area contributed by atoms with Crippen molar-refractivity contribution >= 4 is 33.2 Å². The molecule has 1 heterocycles. The zero-order chi connectivity index (χ0) is 19.7. The molecule has 3 rings (SSSR count). The smallest absolute Gasteiger partial charge is 0.293 e. The molecular weight excluding hydrogens is 390 g/mol. The molecule has 1 aliphatic rings. The molecule has 1 aromatic carbocycles. The second-order valence-corrected chi connectivity index (χ2v) is 9.30. The van der Waals surface area contributed by atoms with Gasteiger partial charge in [0.05, 0.1) is 16.1 Å². The van der Waals surface area contributed by atoms with Crippen LogP contribution >= 0.6 is 11.8 Å². The molecule has 1 aliphatic carbocycles. The van der Waals surface area contributed by atoms with Gasteiger partial charge in [-0.2, -0.15) is 0 Å². The Morgan fingerprint density at radius 1 is 1.33 bits per heavy atom. The second-order valence-electron chi connectivity index (χ2n) is 6.72. The van der Waals surface area contributed by atoms with Gasteiger partial charge in [0.1, 0.15) is 11.4 Å². The number of nitrogens with zero attached hydrogens (tertiary/aromatic N) is 1. The highest BCUT2D eigenvalue weighted by Gasteiger charge is 2.36. The summed E-state index contributed by atoms with van der Waals surface area (Å²) >= 11 is 1.65. The molecule has 0 radical (unpaired) electrons. The molecule has 1 fully saturated rings. The van der Waals surface area contributed by atoms with Gasteiger partial charge in [0.2, 0.25) is 10.0 Å². The van der Waals surface area contributed by atoms with Crippen molar-refractivity contribution in [3.05, 3.63) is 46.4 Å². The Bertz CT molecular complexity index is 949. The van der Waals surface area contributed by atoms with E-state index in [4.69, 9.17) is 9.56 Å². The first-order chi connectivity index (χ1) is 12.7. The van der Waals surface area contributed by atoms with E-state index in [9.17, 15) is 18.5 Å². The first-order valence-corrected chi connectivity index (χ1v) is 11.0. The minimum absolute atomic E-state index is 0.274. The summed E-state index contributed by atoms with van der Waals surface area (Å²) in [4.78, 5) is 11.7. The molecule has 0 bridgehead atoms. The molecular formula is C17H21N3O5S2. The van der Waals surface area contributed by atoms with E-state index in [1.165, 1.54) is 12.1 Å². The number of nitrogens with two attached hydrogens (primary N) is 1. The van der Waals surface area contributed by atoms with Crippen molar-refractivity contribution in [3.63, 3.8) is 0 Å². The number of aryl methyl sites for hydroxylation is 1. The molecule has 0 spiro atoms. The average molecular weight is 412 g/mol. The third kappa shape index (κ3) is 4.45. The molecule has 1 aromatic heterocycles. The van der Waals surface area contributed by atoms with E-state index in [1.807, 2.05) is 13.0 Å². The molecule has 0 amide bonds. The highest BCUT2D eigenvalue weighted by molar-refractivity contribution is 7.99. The first kappa shape index (κ1) is 19.7. The Balaban J connectivity index is 1.88. The Morgan fingerprint density at radius 3 is 2.59 bits per heavy atom. The van der Waals surface area contributed by atoms with Crippen molar-refractivity contribution in [3.8, 4) is 0 Å². The monoisotopic (exact) mass is 411 g/mol. The maximum atomic E-state index is 11.5. The fourth-order valence-corrected chi connectivity index (χ4v) is 5.06. The van der Waals surface area contributed by atoms with Crippen LogP contribution < -0.4 is 10.5 Å². The Morgan fingerprint density at radius 2 is 2.04 bits per heavy atom. The number of nitro benzene ring substituents is 1. The maximum absolute atomic E-state index is 11.5. The summed E-state index contributed by atoms with van der Waals surface area (Å²) in [5.41, 5.74) is -0.293. The third-order valence-electron chi connectivity index (χ3n) is 4.77. The van der Waals surface area contributed by atoms with Crippen LogP contribution in [0.3, 0.4) is 0 Å². The lowest BCUT2D eigenvalue weighted by molar-refractivity contribution is -0.384. The number of furan rings is 1. The van der Waals surface area contributed by atoms with E-state index < -0.39 is 14.9 Å². The maximum Gasteiger partial charge on any atom is 0.293 e. The summed E-state index contributed by atoms with van der Waals surface area (Å²) in [7, 11) is -4.01. The van der Waals surface area contributed by atoms with Crippen molar-refractivity contribution in [2.24, 2.45) is 5.14 Å². The lowest BCUT2D eigenvalue weighted by Gasteiger charge is -2.31. The molecule has 10 heteroatoms. The predicted molar refractivity (Wildman–Crippen MR) is 103 cm³/mol. The summed E-state index contributed by atoms with van der Waals surface area (Å²) in [6.45, 7) is 1.90. The van der Waals surface area contributed by atoms with Crippen LogP contribution in [0.5, 0.6) is 0 Å². The Labute approximate surface area is 161 Å². The Kier molecular flexibility index (Phi) is 5.50. The van der Waals surface area contributed by atoms with E-state index >= 15 is 0 Å². The van der Waals surface area contributed by atoms with Crippen LogP contribution in [-0.2, 0) is 10.0 Å². The molecule has 0 unspecified atom stereocenters. The lowest BCUT2D eigenvalue weighted by atomic mass is 9.99. The molecule has 146 valence electrons. The Hall–Kier alpha value is -2.04. The van der Waals surface area contributed by atoms with Crippen LogP contribution in [0.15, 0.2) is 44.7 Å². The third-order valence-corrected chi connectivity index (χ3v) is 7.11. The van der Waals surface area contributed by atoms with Gasteiger partial charge in [0.25, 0.3) is 5.69 Å². The molecule has 0 atom stereocenters. The van der Waals surface area contributed by atoms with Crippen LogP contribution in [0.2, 0.25) is 0 Å². The van der Waals surface area contributed by atoms with Crippen LogP contribution in [0.25, 0.3) is 0 Å². The number of hydrogen-bond acceptors (Lipinski definition) is 7. The number of thioether (sulfide) groups is 1. The van der Waals surface area contributed by atoms with Crippen molar-refractivity contribution < 1.29 is 17.8 Å². The molecule has 2 aromatic rings. The number of anilines is 1. The van der Waals surface area contributed by atoms with E-state index in [-0.39, 0.29) is 16.1 Å². The molecule has 3 N–H and O–H groups in total. The van der Waals surface area contributed by atoms with E-state index in [1.54, 1.807) is 18.0 Å². The van der Waals surface area contributed by atoms with Crippen LogP contribution in [-0.4, -0.2) is 24.6 Å². The van der Waals surface area contributed by atoms with Gasteiger partial charge in [-0.3, -0.25) is 10.1 Å². The summed E-state index contributed by atoms with van der Waals surface area (Å²) < 4.78 is 28.4. The molecule has 0 saturated heterocycles. The fourth-order valence-electron chi connectivity index (χ4n) is 3.33. The minimum atomic E-state index is -4.01. The van der Waals surface area contributed by atoms with Crippen LogP contribution in [0.1, 0.15) is 31.4 Å². The summed E-state index contributed by atoms with van der Waals surface area (Å²) in [6, 6.07) is 5.63. The SMILES string of the molecule is Cc1occc1SCC1(Nc2ccc(S(N)(=O)=O)cc2[N+](=O)[O-])CCCC1. The topological polar surface area (TPSA) is 128 Å². The molecule has 0 aliphatic heterocycles. The molecule has 8 nitrogen and oxygen atoms in total. The highest BCUT2D eigenvalue weighted by Crippen LogP contribution is 2.40. The van der Waals surface area contributed by atoms with E-state index in [0.29, 0.717) is 5.69 Å². The lowest BCUT2D eigenvalue weighted by Crippen LogP contribution is -2.38. The van der Waals surface area contributed by atoms with Crippen LogP contribution in [0.4, 0.5) is 11.4 Å². The van der Waals surface area contributed by atoms with Crippen molar-refractivity contribution in [2.45, 2.75) is 47.9 Å². The van der Waals surface area contributed by atoms with Crippen molar-refractivity contribution in [1.29, 1.82) is 0 Å². The fraction of sp³-hybridized carbons (Fsp3) is 0.412. The van der Waals surface area contributed by atoms with Gasteiger partial charge in [-0.1, -0.05) is 12.8 Å². The highest BCUT2D eigenvalue weighted by atomic mass is 32.2. The number of benzene rings is 1. The quantitative estimate of drug-likeness (QED) is 0.404.